The Morgan fingerprint density at radius 3 is 2.31 bits per heavy atom. The van der Waals surface area contributed by atoms with Crippen LogP contribution in [0.4, 0.5) is 5.69 Å². The summed E-state index contributed by atoms with van der Waals surface area (Å²) >= 11 is 6.05. The zero-order valence-electron chi connectivity index (χ0n) is 17.2. The van der Waals surface area contributed by atoms with Crippen LogP contribution in [0.1, 0.15) is 55.7 Å². The molecule has 1 N–H and O–H groups in total. The Morgan fingerprint density at radius 2 is 1.62 bits per heavy atom. The standard InChI is InChI=1S/C24H31ClN2O2/c1-19(29)27-14-6-4-2-3-5-13-26(16-20-8-11-23(25)12-9-20)17-22-10-7-21(18-28)15-24(22)27/h7-12,15,28H,2-6,13-14,16-18H2,1H3. The van der Waals surface area contributed by atoms with Crippen molar-refractivity contribution in [2.45, 2.75) is 58.7 Å². The molecular weight excluding hydrogens is 384 g/mol. The van der Waals surface area contributed by atoms with Gasteiger partial charge in [0.1, 0.15) is 0 Å². The van der Waals surface area contributed by atoms with Gasteiger partial charge in [-0.15, -0.1) is 0 Å². The van der Waals surface area contributed by atoms with Crippen LogP contribution in [-0.2, 0) is 24.5 Å². The molecule has 3 rings (SSSR count). The minimum absolute atomic E-state index is 0.0203. The molecule has 0 atom stereocenters. The fourth-order valence-corrected chi connectivity index (χ4v) is 4.10. The Balaban J connectivity index is 1.91. The first kappa shape index (κ1) is 21.8. The van der Waals surface area contributed by atoms with Crippen LogP contribution < -0.4 is 4.90 Å². The Labute approximate surface area is 179 Å². The second-order valence-electron chi connectivity index (χ2n) is 7.90. The van der Waals surface area contributed by atoms with Crippen LogP contribution in [0.15, 0.2) is 42.5 Å². The fraction of sp³-hybridized carbons (Fsp3) is 0.458. The van der Waals surface area contributed by atoms with E-state index in [0.717, 1.165) is 60.9 Å². The van der Waals surface area contributed by atoms with E-state index in [0.29, 0.717) is 0 Å². The van der Waals surface area contributed by atoms with Crippen molar-refractivity contribution >= 4 is 23.2 Å². The quantitative estimate of drug-likeness (QED) is 0.755. The summed E-state index contributed by atoms with van der Waals surface area (Å²) in [5, 5.41) is 10.4. The number of nitrogens with zero attached hydrogens (tertiary/aromatic N) is 2. The van der Waals surface area contributed by atoms with E-state index in [4.69, 9.17) is 11.6 Å². The zero-order chi connectivity index (χ0) is 20.6. The minimum Gasteiger partial charge on any atom is -0.392 e. The van der Waals surface area contributed by atoms with Crippen LogP contribution in [-0.4, -0.2) is 29.0 Å². The van der Waals surface area contributed by atoms with Gasteiger partial charge in [0, 0.05) is 37.3 Å². The van der Waals surface area contributed by atoms with Crippen LogP contribution in [0.25, 0.3) is 0 Å². The van der Waals surface area contributed by atoms with Crippen LogP contribution in [0.2, 0.25) is 5.02 Å². The lowest BCUT2D eigenvalue weighted by molar-refractivity contribution is -0.116. The van der Waals surface area contributed by atoms with Gasteiger partial charge in [0.25, 0.3) is 0 Å². The molecule has 5 heteroatoms. The molecule has 2 aromatic rings. The summed E-state index contributed by atoms with van der Waals surface area (Å²) in [6.07, 6.45) is 5.73. The number of hydrogen-bond acceptors (Lipinski definition) is 3. The van der Waals surface area contributed by atoms with Gasteiger partial charge in [-0.25, -0.2) is 0 Å². The summed E-state index contributed by atoms with van der Waals surface area (Å²) in [6, 6.07) is 14.0. The van der Waals surface area contributed by atoms with Gasteiger partial charge < -0.3 is 10.0 Å². The maximum Gasteiger partial charge on any atom is 0.223 e. The van der Waals surface area contributed by atoms with Crippen molar-refractivity contribution in [1.82, 2.24) is 4.90 Å². The highest BCUT2D eigenvalue weighted by Crippen LogP contribution is 2.27. The van der Waals surface area contributed by atoms with Crippen molar-refractivity contribution in [3.8, 4) is 0 Å². The van der Waals surface area contributed by atoms with Crippen LogP contribution in [0, 0.1) is 0 Å². The summed E-state index contributed by atoms with van der Waals surface area (Å²) in [4.78, 5) is 16.8. The topological polar surface area (TPSA) is 43.8 Å². The lowest BCUT2D eigenvalue weighted by atomic mass is 10.0. The van der Waals surface area contributed by atoms with E-state index in [2.05, 4.69) is 23.1 Å². The van der Waals surface area contributed by atoms with E-state index < -0.39 is 0 Å². The summed E-state index contributed by atoms with van der Waals surface area (Å²) in [7, 11) is 0. The smallest absolute Gasteiger partial charge is 0.223 e. The predicted octanol–water partition coefficient (Wildman–Crippen LogP) is 5.15. The number of benzene rings is 2. The van der Waals surface area contributed by atoms with Crippen LogP contribution in [0.3, 0.4) is 0 Å². The number of aliphatic hydroxyl groups is 1. The zero-order valence-corrected chi connectivity index (χ0v) is 18.0. The third-order valence-corrected chi connectivity index (χ3v) is 5.82. The first-order valence-corrected chi connectivity index (χ1v) is 10.9. The number of aliphatic hydroxyl groups excluding tert-OH is 1. The van der Waals surface area contributed by atoms with Crippen molar-refractivity contribution in [3.05, 3.63) is 64.2 Å². The number of carbonyl (C=O) groups excluding carboxylic acids is 1. The maximum atomic E-state index is 12.4. The average Bonchev–Trinajstić information content (AvgIpc) is 2.70. The van der Waals surface area contributed by atoms with Crippen LogP contribution >= 0.6 is 11.6 Å². The molecule has 1 heterocycles. The van der Waals surface area contributed by atoms with E-state index in [9.17, 15) is 9.90 Å². The summed E-state index contributed by atoms with van der Waals surface area (Å²) in [5.74, 6) is 0.0580. The third kappa shape index (κ3) is 6.30. The van der Waals surface area contributed by atoms with Gasteiger partial charge >= 0.3 is 0 Å². The molecular formula is C24H31ClN2O2. The van der Waals surface area contributed by atoms with Crippen molar-refractivity contribution < 1.29 is 9.90 Å². The Kier molecular flexibility index (Phi) is 8.10. The lowest BCUT2D eigenvalue weighted by Gasteiger charge is -2.29. The molecule has 0 bridgehead atoms. The van der Waals surface area contributed by atoms with Crippen LogP contribution in [0.5, 0.6) is 0 Å². The summed E-state index contributed by atoms with van der Waals surface area (Å²) in [6.45, 7) is 4.98. The van der Waals surface area contributed by atoms with E-state index in [1.807, 2.05) is 29.2 Å². The number of hydrogen-bond donors (Lipinski definition) is 1. The molecule has 0 saturated carbocycles. The third-order valence-electron chi connectivity index (χ3n) is 5.57. The second-order valence-corrected chi connectivity index (χ2v) is 8.33. The first-order valence-electron chi connectivity index (χ1n) is 10.5. The Hall–Kier alpha value is -1.88. The minimum atomic E-state index is -0.0203. The average molecular weight is 415 g/mol. The highest BCUT2D eigenvalue weighted by molar-refractivity contribution is 6.30. The number of fused-ring (bicyclic) bond motifs is 1. The van der Waals surface area contributed by atoms with Gasteiger partial charge in [-0.3, -0.25) is 9.69 Å². The molecule has 0 spiro atoms. The van der Waals surface area contributed by atoms with Gasteiger partial charge in [-0.1, -0.05) is 55.1 Å². The maximum absolute atomic E-state index is 12.4. The predicted molar refractivity (Wildman–Crippen MR) is 119 cm³/mol. The monoisotopic (exact) mass is 414 g/mol. The molecule has 4 nitrogen and oxygen atoms in total. The van der Waals surface area contributed by atoms with E-state index >= 15 is 0 Å². The van der Waals surface area contributed by atoms with Crippen molar-refractivity contribution in [1.29, 1.82) is 0 Å². The molecule has 0 saturated heterocycles. The Morgan fingerprint density at radius 1 is 0.966 bits per heavy atom. The molecule has 2 aromatic carbocycles. The molecule has 0 aromatic heterocycles. The highest BCUT2D eigenvalue weighted by Gasteiger charge is 2.19. The summed E-state index contributed by atoms with van der Waals surface area (Å²) in [5.41, 5.74) is 4.14. The Bertz CT molecular complexity index is 807. The normalized spacial score (nSPS) is 16.6. The fourth-order valence-electron chi connectivity index (χ4n) is 3.98. The van der Waals surface area contributed by atoms with Gasteiger partial charge in [0.15, 0.2) is 0 Å². The van der Waals surface area contributed by atoms with E-state index in [1.54, 1.807) is 6.92 Å². The first-order chi connectivity index (χ1) is 14.1. The van der Waals surface area contributed by atoms with Gasteiger partial charge in [-0.05, 0) is 54.3 Å². The lowest BCUT2D eigenvalue weighted by Crippen LogP contribution is -2.32. The molecule has 1 aliphatic rings. The second kappa shape index (κ2) is 10.8. The van der Waals surface area contributed by atoms with E-state index in [1.165, 1.54) is 24.8 Å². The van der Waals surface area contributed by atoms with Gasteiger partial charge in [-0.2, -0.15) is 0 Å². The molecule has 0 radical (unpaired) electrons. The molecule has 29 heavy (non-hydrogen) atoms. The van der Waals surface area contributed by atoms with Crippen molar-refractivity contribution in [3.63, 3.8) is 0 Å². The SMILES string of the molecule is CC(=O)N1CCCCCCCN(Cc2ccc(Cl)cc2)Cc2ccc(CO)cc21. The number of amides is 1. The summed E-state index contributed by atoms with van der Waals surface area (Å²) < 4.78 is 0. The molecule has 0 fully saturated rings. The van der Waals surface area contributed by atoms with Crippen molar-refractivity contribution in [2.75, 3.05) is 18.0 Å². The van der Waals surface area contributed by atoms with E-state index in [-0.39, 0.29) is 12.5 Å². The molecule has 0 unspecified atom stereocenters. The molecule has 156 valence electrons. The highest BCUT2D eigenvalue weighted by atomic mass is 35.5. The number of carbonyl (C=O) groups is 1. The number of halogens is 1. The largest absolute Gasteiger partial charge is 0.392 e. The van der Waals surface area contributed by atoms with Gasteiger partial charge in [0.05, 0.1) is 6.61 Å². The van der Waals surface area contributed by atoms with Crippen molar-refractivity contribution in [2.24, 2.45) is 0 Å². The molecule has 1 aliphatic heterocycles. The molecule has 0 aliphatic carbocycles. The molecule has 1 amide bonds. The number of anilines is 1. The number of rotatable bonds is 3. The van der Waals surface area contributed by atoms with Gasteiger partial charge in [0.2, 0.25) is 5.91 Å².